The van der Waals surface area contributed by atoms with Crippen LogP contribution in [0.5, 0.6) is 23.0 Å². The van der Waals surface area contributed by atoms with Gasteiger partial charge in [-0.15, -0.1) is 0 Å². The highest BCUT2D eigenvalue weighted by molar-refractivity contribution is 9.10. The number of hydrogen-bond acceptors (Lipinski definition) is 7. The molecule has 0 radical (unpaired) electrons. The summed E-state index contributed by atoms with van der Waals surface area (Å²) in [6.45, 7) is 0.484. The molecule has 0 N–H and O–H groups in total. The van der Waals surface area contributed by atoms with E-state index >= 15 is 0 Å². The average molecular weight is 669 g/mol. The summed E-state index contributed by atoms with van der Waals surface area (Å²) in [5, 5.41) is 5.23. The smallest absolute Gasteiger partial charge is 0.282 e. The summed E-state index contributed by atoms with van der Waals surface area (Å²) >= 11 is 7.05. The third kappa shape index (κ3) is 5.47. The minimum absolute atomic E-state index is 0.172. The average Bonchev–Trinajstić information content (AvgIpc) is 3.44. The second-order valence-corrected chi connectivity index (χ2v) is 11.7. The molecular weight excluding hydrogens is 642 g/mol. The predicted octanol–water partition coefficient (Wildman–Crippen LogP) is 7.17. The SMILES string of the molecule is COc1cc(Br)cc(C=Nn2c(C3CCCCC3)nc3ccc(Br)cc3c2=O)c1OCc1ccc2c(c1)OCO2. The van der Waals surface area contributed by atoms with Gasteiger partial charge in [0.15, 0.2) is 23.0 Å². The van der Waals surface area contributed by atoms with Gasteiger partial charge >= 0.3 is 0 Å². The van der Waals surface area contributed by atoms with Crippen LogP contribution in [-0.2, 0) is 6.61 Å². The Hall–Kier alpha value is -3.37. The molecule has 0 saturated heterocycles. The fraction of sp³-hybridized carbons (Fsp3) is 0.300. The van der Waals surface area contributed by atoms with Crippen molar-refractivity contribution < 1.29 is 18.9 Å². The Balaban J connectivity index is 1.39. The summed E-state index contributed by atoms with van der Waals surface area (Å²) in [4.78, 5) is 18.7. The first-order valence-corrected chi connectivity index (χ1v) is 14.7. The van der Waals surface area contributed by atoms with Gasteiger partial charge in [-0.1, -0.05) is 57.2 Å². The minimum atomic E-state index is -0.201. The predicted molar refractivity (Wildman–Crippen MR) is 160 cm³/mol. The lowest BCUT2D eigenvalue weighted by Gasteiger charge is -2.23. The van der Waals surface area contributed by atoms with Crippen LogP contribution in [0.25, 0.3) is 10.9 Å². The molecule has 1 aliphatic heterocycles. The van der Waals surface area contributed by atoms with Gasteiger partial charge in [-0.25, -0.2) is 4.98 Å². The summed E-state index contributed by atoms with van der Waals surface area (Å²) in [6, 6.07) is 15.0. The number of methoxy groups -OCH3 is 1. The van der Waals surface area contributed by atoms with Crippen molar-refractivity contribution in [2.75, 3.05) is 13.9 Å². The molecule has 6 rings (SSSR count). The Bertz CT molecular complexity index is 1660. The Kier molecular flexibility index (Phi) is 7.80. The molecule has 1 aromatic heterocycles. The van der Waals surface area contributed by atoms with Gasteiger partial charge in [-0.05, 0) is 60.9 Å². The van der Waals surface area contributed by atoms with Crippen molar-refractivity contribution >= 4 is 49.0 Å². The number of halogens is 2. The fourth-order valence-electron chi connectivity index (χ4n) is 5.20. The molecule has 40 heavy (non-hydrogen) atoms. The van der Waals surface area contributed by atoms with Crippen molar-refractivity contribution in [3.8, 4) is 23.0 Å². The van der Waals surface area contributed by atoms with Crippen molar-refractivity contribution in [2.24, 2.45) is 5.10 Å². The van der Waals surface area contributed by atoms with E-state index in [2.05, 4.69) is 31.9 Å². The normalized spacial score (nSPS) is 15.2. The van der Waals surface area contributed by atoms with Crippen LogP contribution in [-0.4, -0.2) is 29.8 Å². The van der Waals surface area contributed by atoms with Gasteiger partial charge in [-0.2, -0.15) is 9.78 Å². The molecule has 1 saturated carbocycles. The van der Waals surface area contributed by atoms with Crippen LogP contribution >= 0.6 is 31.9 Å². The molecule has 0 atom stereocenters. The van der Waals surface area contributed by atoms with Crippen molar-refractivity contribution in [2.45, 2.75) is 44.6 Å². The number of fused-ring (bicyclic) bond motifs is 2. The van der Waals surface area contributed by atoms with Gasteiger partial charge in [0.2, 0.25) is 6.79 Å². The topological polar surface area (TPSA) is 84.2 Å². The largest absolute Gasteiger partial charge is 0.493 e. The van der Waals surface area contributed by atoms with Crippen LogP contribution in [0.4, 0.5) is 0 Å². The third-order valence-corrected chi connectivity index (χ3v) is 8.16. The van der Waals surface area contributed by atoms with Crippen LogP contribution < -0.4 is 24.5 Å². The van der Waals surface area contributed by atoms with E-state index in [1.807, 2.05) is 42.5 Å². The van der Waals surface area contributed by atoms with Crippen LogP contribution in [0.15, 0.2) is 67.4 Å². The highest BCUT2D eigenvalue weighted by atomic mass is 79.9. The summed E-state index contributed by atoms with van der Waals surface area (Å²) < 4.78 is 25.9. The Labute approximate surface area is 248 Å². The first-order valence-electron chi connectivity index (χ1n) is 13.2. The van der Waals surface area contributed by atoms with E-state index in [4.69, 9.17) is 29.0 Å². The van der Waals surface area contributed by atoms with Gasteiger partial charge in [0.05, 0.1) is 24.2 Å². The molecule has 0 amide bonds. The molecule has 0 bridgehead atoms. The molecule has 0 unspecified atom stereocenters. The zero-order valence-corrected chi connectivity index (χ0v) is 25.0. The molecule has 2 heterocycles. The van der Waals surface area contributed by atoms with Crippen LogP contribution in [0.2, 0.25) is 0 Å². The molecular formula is C30H27Br2N3O5. The number of hydrogen-bond donors (Lipinski definition) is 0. The number of benzene rings is 3. The lowest BCUT2D eigenvalue weighted by Crippen LogP contribution is -2.25. The molecule has 0 spiro atoms. The first-order chi connectivity index (χ1) is 19.5. The van der Waals surface area contributed by atoms with E-state index in [0.29, 0.717) is 45.3 Å². The molecule has 4 aromatic rings. The molecule has 1 fully saturated rings. The maximum absolute atomic E-state index is 13.7. The number of aromatic nitrogens is 2. The summed E-state index contributed by atoms with van der Waals surface area (Å²) in [7, 11) is 1.59. The quantitative estimate of drug-likeness (QED) is 0.194. The fourth-order valence-corrected chi connectivity index (χ4v) is 6.02. The summed E-state index contributed by atoms with van der Waals surface area (Å²) in [5.74, 6) is 3.32. The number of rotatable bonds is 7. The minimum Gasteiger partial charge on any atom is -0.493 e. The molecule has 8 nitrogen and oxygen atoms in total. The monoisotopic (exact) mass is 667 g/mol. The second kappa shape index (κ2) is 11.6. The van der Waals surface area contributed by atoms with Crippen LogP contribution in [0, 0.1) is 0 Å². The lowest BCUT2D eigenvalue weighted by atomic mass is 9.88. The van der Waals surface area contributed by atoms with Gasteiger partial charge in [0.25, 0.3) is 5.56 Å². The van der Waals surface area contributed by atoms with Crippen molar-refractivity contribution in [3.05, 3.63) is 84.8 Å². The van der Waals surface area contributed by atoms with E-state index in [9.17, 15) is 4.79 Å². The number of nitrogens with zero attached hydrogens (tertiary/aromatic N) is 3. The zero-order chi connectivity index (χ0) is 27.6. The summed E-state index contributed by atoms with van der Waals surface area (Å²) in [6.07, 6.45) is 7.04. The zero-order valence-electron chi connectivity index (χ0n) is 21.9. The molecule has 206 valence electrons. The highest BCUT2D eigenvalue weighted by Gasteiger charge is 2.23. The van der Waals surface area contributed by atoms with E-state index in [0.717, 1.165) is 40.2 Å². The molecule has 1 aliphatic carbocycles. The van der Waals surface area contributed by atoms with Crippen molar-refractivity contribution in [1.82, 2.24) is 9.66 Å². The van der Waals surface area contributed by atoms with E-state index in [1.54, 1.807) is 19.4 Å². The Morgan fingerprint density at radius 1 is 1.02 bits per heavy atom. The van der Waals surface area contributed by atoms with Crippen molar-refractivity contribution in [1.29, 1.82) is 0 Å². The number of ether oxygens (including phenoxy) is 4. The van der Waals surface area contributed by atoms with E-state index in [-0.39, 0.29) is 24.9 Å². The second-order valence-electron chi connectivity index (χ2n) is 9.83. The molecule has 2 aliphatic rings. The Morgan fingerprint density at radius 3 is 2.67 bits per heavy atom. The standard InChI is InChI=1S/C30H27Br2N3O5/c1-37-27-14-22(32)12-20(28(27)38-16-18-7-10-25-26(11-18)40-17-39-25)15-33-35-29(19-5-3-2-4-6-19)34-24-9-8-21(31)13-23(24)30(35)36/h7-15,19H,2-6,16-17H2,1H3. The van der Waals surface area contributed by atoms with E-state index < -0.39 is 0 Å². The first kappa shape index (κ1) is 26.8. The van der Waals surface area contributed by atoms with Crippen LogP contribution in [0.3, 0.4) is 0 Å². The van der Waals surface area contributed by atoms with Gasteiger partial charge in [-0.3, -0.25) is 4.79 Å². The highest BCUT2D eigenvalue weighted by Crippen LogP contribution is 2.37. The van der Waals surface area contributed by atoms with Crippen LogP contribution in [0.1, 0.15) is 55.0 Å². The molecule has 3 aromatic carbocycles. The maximum Gasteiger partial charge on any atom is 0.282 e. The van der Waals surface area contributed by atoms with Gasteiger partial charge < -0.3 is 18.9 Å². The van der Waals surface area contributed by atoms with E-state index in [1.165, 1.54) is 11.1 Å². The van der Waals surface area contributed by atoms with Gasteiger partial charge in [0.1, 0.15) is 12.4 Å². The maximum atomic E-state index is 13.7. The van der Waals surface area contributed by atoms with Crippen molar-refractivity contribution in [3.63, 3.8) is 0 Å². The van der Waals surface area contributed by atoms with Gasteiger partial charge in [0, 0.05) is 20.4 Å². The summed E-state index contributed by atoms with van der Waals surface area (Å²) in [5.41, 5.74) is 2.05. The Morgan fingerprint density at radius 2 is 1.85 bits per heavy atom. The third-order valence-electron chi connectivity index (χ3n) is 7.20. The lowest BCUT2D eigenvalue weighted by molar-refractivity contribution is 0.174. The molecule has 10 heteroatoms.